The number of hydrogen-bond donors (Lipinski definition) is 1. The predicted octanol–water partition coefficient (Wildman–Crippen LogP) is 4.23. The molecule has 0 aromatic rings. The summed E-state index contributed by atoms with van der Waals surface area (Å²) in [5, 5.41) is 3.20. The highest BCUT2D eigenvalue weighted by atomic mass is 14.8. The van der Waals surface area contributed by atoms with E-state index >= 15 is 0 Å². The monoisotopic (exact) mass is 213 g/mol. The van der Waals surface area contributed by atoms with Crippen LogP contribution in [0.5, 0.6) is 0 Å². The van der Waals surface area contributed by atoms with Gasteiger partial charge in [-0.05, 0) is 37.8 Å². The molecule has 0 aromatic carbocycles. The van der Waals surface area contributed by atoms with Crippen molar-refractivity contribution in [3.8, 4) is 0 Å². The molecule has 0 radical (unpaired) electrons. The third-order valence-corrected chi connectivity index (χ3v) is 3.94. The van der Waals surface area contributed by atoms with Crippen molar-refractivity contribution < 1.29 is 0 Å². The molecular weight excluding hydrogens is 182 g/mol. The van der Waals surface area contributed by atoms with E-state index in [1.807, 2.05) is 7.05 Å². The van der Waals surface area contributed by atoms with Gasteiger partial charge in [-0.2, -0.15) is 0 Å². The van der Waals surface area contributed by atoms with Crippen LogP contribution in [0.2, 0.25) is 0 Å². The Morgan fingerprint density at radius 1 is 1.07 bits per heavy atom. The summed E-state index contributed by atoms with van der Waals surface area (Å²) in [4.78, 5) is 0. The average molecular weight is 213 g/mol. The van der Waals surface area contributed by atoms with E-state index < -0.39 is 0 Å². The van der Waals surface area contributed by atoms with Crippen molar-refractivity contribution in [1.29, 1.82) is 0 Å². The van der Waals surface area contributed by atoms with Gasteiger partial charge in [-0.25, -0.2) is 0 Å². The Labute approximate surface area is 97.0 Å². The fraction of sp³-hybridized carbons (Fsp3) is 1.00. The van der Waals surface area contributed by atoms with E-state index in [1.54, 1.807) is 0 Å². The van der Waals surface area contributed by atoms with Crippen LogP contribution in [0.1, 0.15) is 66.2 Å². The van der Waals surface area contributed by atoms with Crippen molar-refractivity contribution in [1.82, 2.24) is 5.32 Å². The second kappa shape index (κ2) is 8.15. The van der Waals surface area contributed by atoms with Crippen molar-refractivity contribution in [3.05, 3.63) is 0 Å². The van der Waals surface area contributed by atoms with E-state index in [4.69, 9.17) is 0 Å². The second-order valence-electron chi connectivity index (χ2n) is 5.57. The largest absolute Gasteiger partial charge is 0.320 e. The molecule has 0 aliphatic heterocycles. The molecule has 92 valence electrons. The number of nitrogens with one attached hydrogen (secondary N) is 1. The van der Waals surface area contributed by atoms with Gasteiger partial charge in [0.1, 0.15) is 0 Å². The van der Waals surface area contributed by atoms with E-state index in [2.05, 4.69) is 33.0 Å². The van der Waals surface area contributed by atoms with Gasteiger partial charge in [0, 0.05) is 0 Å². The molecule has 0 aliphatic carbocycles. The van der Waals surface area contributed by atoms with Crippen LogP contribution in [0.25, 0.3) is 0 Å². The zero-order chi connectivity index (χ0) is 11.7. The van der Waals surface area contributed by atoms with Crippen LogP contribution in [0.4, 0.5) is 0 Å². The van der Waals surface area contributed by atoms with E-state index in [0.29, 0.717) is 5.41 Å². The molecule has 0 rings (SSSR count). The molecular formula is C14H31N. The Morgan fingerprint density at radius 2 is 1.67 bits per heavy atom. The Kier molecular flexibility index (Phi) is 8.13. The van der Waals surface area contributed by atoms with Gasteiger partial charge in [-0.1, -0.05) is 53.4 Å². The molecule has 0 bridgehead atoms. The first-order chi connectivity index (χ1) is 7.04. The maximum absolute atomic E-state index is 3.20. The molecule has 0 aliphatic rings. The highest BCUT2D eigenvalue weighted by Gasteiger charge is 2.23. The van der Waals surface area contributed by atoms with E-state index in [0.717, 1.165) is 5.92 Å². The van der Waals surface area contributed by atoms with Crippen molar-refractivity contribution >= 4 is 0 Å². The van der Waals surface area contributed by atoms with E-state index in [9.17, 15) is 0 Å². The third-order valence-electron chi connectivity index (χ3n) is 3.94. The normalized spacial score (nSPS) is 14.2. The van der Waals surface area contributed by atoms with Gasteiger partial charge < -0.3 is 5.32 Å². The van der Waals surface area contributed by atoms with Crippen molar-refractivity contribution in [2.75, 3.05) is 13.6 Å². The van der Waals surface area contributed by atoms with E-state index in [-0.39, 0.29) is 0 Å². The average Bonchev–Trinajstić information content (AvgIpc) is 2.22. The molecule has 1 atom stereocenters. The third kappa shape index (κ3) is 6.94. The van der Waals surface area contributed by atoms with Crippen molar-refractivity contribution in [3.63, 3.8) is 0 Å². The minimum Gasteiger partial charge on any atom is -0.320 e. The number of hydrogen-bond acceptors (Lipinski definition) is 1. The van der Waals surface area contributed by atoms with Gasteiger partial charge in [0.25, 0.3) is 0 Å². The number of unbranched alkanes of at least 4 members (excludes halogenated alkanes) is 3. The zero-order valence-electron chi connectivity index (χ0n) is 11.5. The Balaban J connectivity index is 3.48. The number of rotatable bonds is 9. The fourth-order valence-electron chi connectivity index (χ4n) is 2.03. The van der Waals surface area contributed by atoms with Crippen molar-refractivity contribution in [2.24, 2.45) is 11.3 Å². The first-order valence-electron chi connectivity index (χ1n) is 6.69. The highest BCUT2D eigenvalue weighted by molar-refractivity contribution is 4.74. The van der Waals surface area contributed by atoms with E-state index in [1.165, 1.54) is 45.1 Å². The fourth-order valence-corrected chi connectivity index (χ4v) is 2.03. The van der Waals surface area contributed by atoms with Crippen LogP contribution < -0.4 is 5.32 Å². The molecule has 0 saturated carbocycles. The summed E-state index contributed by atoms with van der Waals surface area (Å²) in [6.07, 6.45) is 8.23. The van der Waals surface area contributed by atoms with Crippen LogP contribution in [0.15, 0.2) is 0 Å². The first kappa shape index (κ1) is 15.0. The smallest absolute Gasteiger partial charge is 0.00519 e. The lowest BCUT2D eigenvalue weighted by Gasteiger charge is -2.31. The lowest BCUT2D eigenvalue weighted by atomic mass is 9.75. The minimum atomic E-state index is 0.539. The Hall–Kier alpha value is -0.0400. The van der Waals surface area contributed by atoms with Gasteiger partial charge in [-0.3, -0.25) is 0 Å². The molecule has 1 N–H and O–H groups in total. The van der Waals surface area contributed by atoms with Gasteiger partial charge >= 0.3 is 0 Å². The minimum absolute atomic E-state index is 0.539. The first-order valence-corrected chi connectivity index (χ1v) is 6.69. The summed E-state index contributed by atoms with van der Waals surface area (Å²) in [5.74, 6) is 0.856. The summed E-state index contributed by atoms with van der Waals surface area (Å²) in [6, 6.07) is 0. The van der Waals surface area contributed by atoms with Gasteiger partial charge in [0.15, 0.2) is 0 Å². The summed E-state index contributed by atoms with van der Waals surface area (Å²) < 4.78 is 0. The Bertz CT molecular complexity index is 140. The standard InChI is InChI=1S/C14H31N/c1-6-13(2)14(3,4)11-9-7-8-10-12-15-5/h13,15H,6-12H2,1-5H3. The molecule has 1 heteroatoms. The topological polar surface area (TPSA) is 12.0 Å². The SMILES string of the molecule is CCC(C)C(C)(C)CCCCCCNC. The molecule has 1 nitrogen and oxygen atoms in total. The highest BCUT2D eigenvalue weighted by Crippen LogP contribution is 2.34. The van der Waals surface area contributed by atoms with Crippen LogP contribution in [-0.2, 0) is 0 Å². The summed E-state index contributed by atoms with van der Waals surface area (Å²) >= 11 is 0. The van der Waals surface area contributed by atoms with Crippen molar-refractivity contribution in [2.45, 2.75) is 66.2 Å². The quantitative estimate of drug-likeness (QED) is 0.565. The lowest BCUT2D eigenvalue weighted by molar-refractivity contribution is 0.199. The molecule has 0 saturated heterocycles. The predicted molar refractivity (Wildman–Crippen MR) is 70.2 cm³/mol. The van der Waals surface area contributed by atoms with Gasteiger partial charge in [0.05, 0.1) is 0 Å². The van der Waals surface area contributed by atoms with Crippen LogP contribution >= 0.6 is 0 Å². The molecule has 0 heterocycles. The lowest BCUT2D eigenvalue weighted by Crippen LogP contribution is -2.20. The zero-order valence-corrected chi connectivity index (χ0v) is 11.5. The molecule has 0 amide bonds. The molecule has 1 unspecified atom stereocenters. The van der Waals surface area contributed by atoms with Crippen LogP contribution in [0.3, 0.4) is 0 Å². The van der Waals surface area contributed by atoms with Crippen LogP contribution in [0, 0.1) is 11.3 Å². The maximum Gasteiger partial charge on any atom is -0.00519 e. The van der Waals surface area contributed by atoms with Gasteiger partial charge in [0.2, 0.25) is 0 Å². The molecule has 0 fully saturated rings. The summed E-state index contributed by atoms with van der Waals surface area (Å²) in [6.45, 7) is 10.7. The van der Waals surface area contributed by atoms with Gasteiger partial charge in [-0.15, -0.1) is 0 Å². The summed E-state index contributed by atoms with van der Waals surface area (Å²) in [5.41, 5.74) is 0.539. The molecule has 0 spiro atoms. The summed E-state index contributed by atoms with van der Waals surface area (Å²) in [7, 11) is 2.03. The Morgan fingerprint density at radius 3 is 2.20 bits per heavy atom. The molecule has 0 aromatic heterocycles. The maximum atomic E-state index is 3.20. The molecule has 15 heavy (non-hydrogen) atoms. The van der Waals surface area contributed by atoms with Crippen LogP contribution in [-0.4, -0.2) is 13.6 Å². The second-order valence-corrected chi connectivity index (χ2v) is 5.57.